The smallest absolute Gasteiger partial charge is 0.318 e. The summed E-state index contributed by atoms with van der Waals surface area (Å²) < 4.78 is 16.0. The number of carbonyl (C=O) groups excluding carboxylic acids is 3. The van der Waals surface area contributed by atoms with E-state index in [2.05, 4.69) is 16.0 Å². The fraction of sp³-hybridized carbons (Fsp3) is 0.318. The molecule has 1 atom stereocenters. The van der Waals surface area contributed by atoms with Crippen LogP contribution in [0.2, 0.25) is 0 Å². The summed E-state index contributed by atoms with van der Waals surface area (Å²) >= 11 is 0. The van der Waals surface area contributed by atoms with E-state index in [1.165, 1.54) is 33.3 Å². The molecule has 0 aliphatic carbocycles. The summed E-state index contributed by atoms with van der Waals surface area (Å²) in [6, 6.07) is 9.72. The highest BCUT2D eigenvalue weighted by Crippen LogP contribution is 2.42. The average molecular weight is 442 g/mol. The summed E-state index contributed by atoms with van der Waals surface area (Å²) in [5.74, 6) is 0.310. The molecule has 0 saturated carbocycles. The lowest BCUT2D eigenvalue weighted by Crippen LogP contribution is -2.28. The Morgan fingerprint density at radius 2 is 1.50 bits per heavy atom. The van der Waals surface area contributed by atoms with Crippen LogP contribution in [-0.2, 0) is 9.59 Å². The summed E-state index contributed by atoms with van der Waals surface area (Å²) in [7, 11) is 6.02. The number of methoxy groups -OCH3 is 3. The van der Waals surface area contributed by atoms with Gasteiger partial charge in [0.1, 0.15) is 0 Å². The first-order chi connectivity index (χ1) is 15.4. The molecule has 2 aromatic rings. The monoisotopic (exact) mass is 442 g/mol. The van der Waals surface area contributed by atoms with Gasteiger partial charge in [-0.2, -0.15) is 0 Å². The summed E-state index contributed by atoms with van der Waals surface area (Å²) in [6.45, 7) is 0.222. The Labute approximate surface area is 185 Å². The predicted molar refractivity (Wildman–Crippen MR) is 120 cm³/mol. The molecule has 4 amide bonds. The van der Waals surface area contributed by atoms with Crippen LogP contribution in [0.3, 0.4) is 0 Å². The second-order valence-corrected chi connectivity index (χ2v) is 7.06. The van der Waals surface area contributed by atoms with Gasteiger partial charge in [-0.3, -0.25) is 9.59 Å². The summed E-state index contributed by atoms with van der Waals surface area (Å²) in [6.07, 6.45) is 0.0821. The van der Waals surface area contributed by atoms with Gasteiger partial charge in [-0.1, -0.05) is 0 Å². The second kappa shape index (κ2) is 9.90. The molecule has 170 valence electrons. The quantitative estimate of drug-likeness (QED) is 0.606. The van der Waals surface area contributed by atoms with E-state index in [1.54, 1.807) is 36.4 Å². The van der Waals surface area contributed by atoms with Gasteiger partial charge in [-0.25, -0.2) is 4.79 Å². The Kier molecular flexibility index (Phi) is 7.04. The number of ether oxygens (including phenoxy) is 3. The molecule has 1 fully saturated rings. The van der Waals surface area contributed by atoms with Gasteiger partial charge in [0.25, 0.3) is 0 Å². The molecule has 1 heterocycles. The first-order valence-electron chi connectivity index (χ1n) is 9.90. The van der Waals surface area contributed by atoms with Gasteiger partial charge in [0.05, 0.1) is 32.9 Å². The second-order valence-electron chi connectivity index (χ2n) is 7.06. The lowest BCUT2D eigenvalue weighted by molar-refractivity contribution is -0.122. The van der Waals surface area contributed by atoms with Crippen LogP contribution in [0.4, 0.5) is 21.9 Å². The van der Waals surface area contributed by atoms with E-state index in [1.807, 2.05) is 0 Å². The van der Waals surface area contributed by atoms with Crippen LogP contribution >= 0.6 is 0 Å². The van der Waals surface area contributed by atoms with Crippen LogP contribution in [0, 0.1) is 5.92 Å². The van der Waals surface area contributed by atoms with E-state index in [9.17, 15) is 14.4 Å². The van der Waals surface area contributed by atoms with Crippen molar-refractivity contribution in [2.45, 2.75) is 6.42 Å². The molecule has 10 heteroatoms. The van der Waals surface area contributed by atoms with Crippen molar-refractivity contribution in [1.29, 1.82) is 0 Å². The highest BCUT2D eigenvalue weighted by Gasteiger charge is 2.36. The van der Waals surface area contributed by atoms with E-state index in [0.717, 1.165) is 0 Å². The Hall–Kier alpha value is -3.95. The third-order valence-electron chi connectivity index (χ3n) is 5.09. The fourth-order valence-electron chi connectivity index (χ4n) is 3.43. The van der Waals surface area contributed by atoms with Crippen molar-refractivity contribution in [3.8, 4) is 17.2 Å². The largest absolute Gasteiger partial charge is 0.493 e. The predicted octanol–water partition coefficient (Wildman–Crippen LogP) is 2.46. The van der Waals surface area contributed by atoms with Crippen molar-refractivity contribution >= 4 is 34.9 Å². The summed E-state index contributed by atoms with van der Waals surface area (Å²) in [5.41, 5.74) is 1.72. The zero-order chi connectivity index (χ0) is 23.3. The SMILES string of the molecule is CNC(=O)Nc1ccc(NC(=O)C2CC(=O)N(c3cc(OC)c(OC)c(OC)c3)C2)cc1. The first-order valence-corrected chi connectivity index (χ1v) is 9.90. The minimum Gasteiger partial charge on any atom is -0.493 e. The van der Waals surface area contributed by atoms with E-state index in [4.69, 9.17) is 14.2 Å². The number of nitrogens with one attached hydrogen (secondary N) is 3. The third kappa shape index (κ3) is 4.85. The Morgan fingerprint density at radius 1 is 0.938 bits per heavy atom. The van der Waals surface area contributed by atoms with Crippen LogP contribution in [0.25, 0.3) is 0 Å². The fourth-order valence-corrected chi connectivity index (χ4v) is 3.43. The minimum atomic E-state index is -0.523. The zero-order valence-electron chi connectivity index (χ0n) is 18.4. The normalized spacial score (nSPS) is 15.2. The molecular formula is C22H26N4O6. The molecule has 0 bridgehead atoms. The number of amides is 4. The number of carbonyl (C=O) groups is 3. The highest BCUT2D eigenvalue weighted by atomic mass is 16.5. The molecule has 2 aromatic carbocycles. The van der Waals surface area contributed by atoms with Crippen LogP contribution in [0.5, 0.6) is 17.2 Å². The van der Waals surface area contributed by atoms with Gasteiger partial charge in [0, 0.05) is 43.5 Å². The van der Waals surface area contributed by atoms with E-state index >= 15 is 0 Å². The van der Waals surface area contributed by atoms with Crippen molar-refractivity contribution in [2.75, 3.05) is 50.5 Å². The summed E-state index contributed by atoms with van der Waals surface area (Å²) in [5, 5.41) is 7.92. The molecule has 1 saturated heterocycles. The molecule has 1 aliphatic heterocycles. The first kappa shape index (κ1) is 22.7. The molecule has 3 rings (SSSR count). The number of nitrogens with zero attached hydrogens (tertiary/aromatic N) is 1. The van der Waals surface area contributed by atoms with Crippen molar-refractivity contribution in [2.24, 2.45) is 5.92 Å². The average Bonchev–Trinajstić information content (AvgIpc) is 3.20. The van der Waals surface area contributed by atoms with E-state index in [-0.39, 0.29) is 30.8 Å². The maximum Gasteiger partial charge on any atom is 0.318 e. The molecule has 1 aliphatic rings. The van der Waals surface area contributed by atoms with Crippen LogP contribution < -0.4 is 35.1 Å². The van der Waals surface area contributed by atoms with Gasteiger partial charge >= 0.3 is 6.03 Å². The van der Waals surface area contributed by atoms with Crippen molar-refractivity contribution < 1.29 is 28.6 Å². The van der Waals surface area contributed by atoms with Crippen molar-refractivity contribution in [3.63, 3.8) is 0 Å². The number of anilines is 3. The Bertz CT molecular complexity index is 983. The molecule has 32 heavy (non-hydrogen) atoms. The van der Waals surface area contributed by atoms with Gasteiger partial charge < -0.3 is 35.1 Å². The molecular weight excluding hydrogens is 416 g/mol. The lowest BCUT2D eigenvalue weighted by atomic mass is 10.1. The van der Waals surface area contributed by atoms with E-state index in [0.29, 0.717) is 34.3 Å². The number of urea groups is 1. The Balaban J connectivity index is 1.70. The molecule has 10 nitrogen and oxygen atoms in total. The van der Waals surface area contributed by atoms with Crippen molar-refractivity contribution in [1.82, 2.24) is 5.32 Å². The molecule has 0 spiro atoms. The van der Waals surface area contributed by atoms with Gasteiger partial charge in [-0.15, -0.1) is 0 Å². The minimum absolute atomic E-state index is 0.0821. The highest BCUT2D eigenvalue weighted by molar-refractivity contribution is 6.04. The zero-order valence-corrected chi connectivity index (χ0v) is 18.4. The molecule has 0 aromatic heterocycles. The number of hydrogen-bond acceptors (Lipinski definition) is 6. The number of benzene rings is 2. The van der Waals surface area contributed by atoms with Crippen molar-refractivity contribution in [3.05, 3.63) is 36.4 Å². The van der Waals surface area contributed by atoms with Crippen LogP contribution in [0.1, 0.15) is 6.42 Å². The van der Waals surface area contributed by atoms with Gasteiger partial charge in [0.15, 0.2) is 11.5 Å². The molecule has 0 radical (unpaired) electrons. The van der Waals surface area contributed by atoms with Gasteiger partial charge in [-0.05, 0) is 24.3 Å². The van der Waals surface area contributed by atoms with Crippen LogP contribution in [0.15, 0.2) is 36.4 Å². The van der Waals surface area contributed by atoms with Crippen LogP contribution in [-0.4, -0.2) is 52.8 Å². The number of hydrogen-bond donors (Lipinski definition) is 3. The maximum absolute atomic E-state index is 12.8. The number of rotatable bonds is 7. The molecule has 1 unspecified atom stereocenters. The third-order valence-corrected chi connectivity index (χ3v) is 5.09. The topological polar surface area (TPSA) is 118 Å². The summed E-state index contributed by atoms with van der Waals surface area (Å²) in [4.78, 5) is 38.3. The lowest BCUT2D eigenvalue weighted by Gasteiger charge is -2.20. The maximum atomic E-state index is 12.8. The Morgan fingerprint density at radius 3 is 2.00 bits per heavy atom. The molecule has 3 N–H and O–H groups in total. The standard InChI is InChI=1S/C22H26N4O6/c1-23-22(29)25-15-7-5-14(6-8-15)24-21(28)13-9-19(27)26(12-13)16-10-17(30-2)20(32-4)18(11-16)31-3/h5-8,10-11,13H,9,12H2,1-4H3,(H,24,28)(H2,23,25,29). The van der Waals surface area contributed by atoms with E-state index < -0.39 is 5.92 Å². The van der Waals surface area contributed by atoms with Gasteiger partial charge in [0.2, 0.25) is 17.6 Å².